The van der Waals surface area contributed by atoms with Gasteiger partial charge in [0.05, 0.1) is 32.8 Å². The quantitative estimate of drug-likeness (QED) is 0.263. The molecule has 1 aliphatic rings. The molecule has 9 heteroatoms. The van der Waals surface area contributed by atoms with Gasteiger partial charge in [-0.05, 0) is 12.5 Å². The van der Waals surface area contributed by atoms with Gasteiger partial charge in [0.15, 0.2) is 11.5 Å². The van der Waals surface area contributed by atoms with Crippen molar-refractivity contribution >= 4 is 55.1 Å². The molecule has 2 heterocycles. The Bertz CT molecular complexity index is 909. The zero-order valence-corrected chi connectivity index (χ0v) is 17.3. The van der Waals surface area contributed by atoms with Crippen LogP contribution in [0.3, 0.4) is 0 Å². The number of hydrogen-bond acceptors (Lipinski definition) is 7. The van der Waals surface area contributed by atoms with Gasteiger partial charge in [0.1, 0.15) is 4.88 Å². The minimum absolute atomic E-state index is 0.00199. The second-order valence-electron chi connectivity index (χ2n) is 5.78. The van der Waals surface area contributed by atoms with Gasteiger partial charge in [-0.3, -0.25) is 19.3 Å². The van der Waals surface area contributed by atoms with Gasteiger partial charge in [-0.25, -0.2) is 0 Å². The SMILES string of the molecule is COC(=O)CCN1C(=O)c2sc3cc(OC)c(OCCCBr)cc3c2C1=O. The molecule has 1 aliphatic heterocycles. The van der Waals surface area contributed by atoms with Gasteiger partial charge >= 0.3 is 5.97 Å². The monoisotopic (exact) mass is 455 g/mol. The number of nitrogens with zero attached hydrogens (tertiary/aromatic N) is 1. The van der Waals surface area contributed by atoms with Crippen LogP contribution in [0.15, 0.2) is 12.1 Å². The van der Waals surface area contributed by atoms with Crippen molar-refractivity contribution in [2.75, 3.05) is 32.7 Å². The summed E-state index contributed by atoms with van der Waals surface area (Å²) in [5, 5.41) is 1.47. The number of benzene rings is 1. The second kappa shape index (κ2) is 8.26. The number of amides is 2. The molecule has 0 saturated heterocycles. The first-order chi connectivity index (χ1) is 13.0. The number of esters is 1. The lowest BCUT2D eigenvalue weighted by molar-refractivity contribution is -0.140. The highest BCUT2D eigenvalue weighted by atomic mass is 79.9. The summed E-state index contributed by atoms with van der Waals surface area (Å²) in [7, 11) is 2.81. The van der Waals surface area contributed by atoms with Gasteiger partial charge in [-0.2, -0.15) is 0 Å². The molecule has 2 amide bonds. The summed E-state index contributed by atoms with van der Waals surface area (Å²) < 4.78 is 16.5. The summed E-state index contributed by atoms with van der Waals surface area (Å²) in [5.74, 6) is -0.176. The molecule has 0 radical (unpaired) electrons. The predicted octanol–water partition coefficient (Wildman–Crippen LogP) is 3.23. The first kappa shape index (κ1) is 19.6. The van der Waals surface area contributed by atoms with E-state index >= 15 is 0 Å². The van der Waals surface area contributed by atoms with Crippen molar-refractivity contribution in [2.24, 2.45) is 0 Å². The zero-order chi connectivity index (χ0) is 19.6. The minimum atomic E-state index is -0.470. The number of fused-ring (bicyclic) bond motifs is 3. The average Bonchev–Trinajstić information content (AvgIpc) is 3.15. The van der Waals surface area contributed by atoms with Gasteiger partial charge in [0, 0.05) is 28.0 Å². The van der Waals surface area contributed by atoms with Gasteiger partial charge < -0.3 is 14.2 Å². The molecular weight excluding hydrogens is 438 g/mol. The molecule has 0 bridgehead atoms. The predicted molar refractivity (Wildman–Crippen MR) is 104 cm³/mol. The Labute approximate surface area is 168 Å². The van der Waals surface area contributed by atoms with Crippen LogP contribution in [0, 0.1) is 0 Å². The molecule has 1 aromatic carbocycles. The summed E-state index contributed by atoms with van der Waals surface area (Å²) in [6.45, 7) is 0.496. The van der Waals surface area contributed by atoms with Crippen molar-refractivity contribution < 1.29 is 28.6 Å². The second-order valence-corrected chi connectivity index (χ2v) is 7.63. The summed E-state index contributed by atoms with van der Waals surface area (Å²) in [5.41, 5.74) is 0.359. The van der Waals surface area contributed by atoms with Crippen LogP contribution in [0.2, 0.25) is 0 Å². The van der Waals surface area contributed by atoms with Crippen molar-refractivity contribution in [3.05, 3.63) is 22.6 Å². The number of carbonyl (C=O) groups is 3. The minimum Gasteiger partial charge on any atom is -0.493 e. The highest BCUT2D eigenvalue weighted by Gasteiger charge is 2.39. The Balaban J connectivity index is 1.95. The molecule has 0 unspecified atom stereocenters. The summed E-state index contributed by atoms with van der Waals surface area (Å²) in [6.07, 6.45) is 0.789. The maximum absolute atomic E-state index is 12.8. The Kier molecular flexibility index (Phi) is 6.01. The number of alkyl halides is 1. The third kappa shape index (κ3) is 3.66. The van der Waals surface area contributed by atoms with E-state index in [1.165, 1.54) is 18.4 Å². The van der Waals surface area contributed by atoms with Crippen LogP contribution in [0.25, 0.3) is 10.1 Å². The molecular formula is C18H18BrNO6S. The fraction of sp³-hybridized carbons (Fsp3) is 0.389. The van der Waals surface area contributed by atoms with E-state index in [1.54, 1.807) is 19.2 Å². The molecule has 144 valence electrons. The van der Waals surface area contributed by atoms with E-state index in [0.29, 0.717) is 33.9 Å². The molecule has 0 atom stereocenters. The average molecular weight is 456 g/mol. The molecule has 1 aromatic heterocycles. The highest BCUT2D eigenvalue weighted by Crippen LogP contribution is 2.42. The number of hydrogen-bond donors (Lipinski definition) is 0. The number of ether oxygens (including phenoxy) is 3. The molecule has 0 spiro atoms. The van der Waals surface area contributed by atoms with Crippen LogP contribution >= 0.6 is 27.3 Å². The number of halogens is 1. The lowest BCUT2D eigenvalue weighted by Gasteiger charge is -2.14. The van der Waals surface area contributed by atoms with Crippen molar-refractivity contribution in [3.8, 4) is 11.5 Å². The third-order valence-electron chi connectivity index (χ3n) is 4.18. The summed E-state index contributed by atoms with van der Waals surface area (Å²) in [4.78, 5) is 38.2. The van der Waals surface area contributed by atoms with Crippen LogP contribution < -0.4 is 9.47 Å². The Morgan fingerprint density at radius 1 is 1.19 bits per heavy atom. The lowest BCUT2D eigenvalue weighted by atomic mass is 10.1. The Hall–Kier alpha value is -2.13. The number of carbonyl (C=O) groups excluding carboxylic acids is 3. The number of rotatable bonds is 8. The summed E-state index contributed by atoms with van der Waals surface area (Å²) >= 11 is 4.59. The van der Waals surface area contributed by atoms with E-state index in [9.17, 15) is 14.4 Å². The lowest BCUT2D eigenvalue weighted by Crippen LogP contribution is -2.32. The first-order valence-corrected chi connectivity index (χ1v) is 10.2. The van der Waals surface area contributed by atoms with Gasteiger partial charge in [0.25, 0.3) is 11.8 Å². The number of methoxy groups -OCH3 is 2. The van der Waals surface area contributed by atoms with E-state index in [0.717, 1.165) is 21.4 Å². The molecule has 0 saturated carbocycles. The van der Waals surface area contributed by atoms with E-state index in [1.807, 2.05) is 0 Å². The largest absolute Gasteiger partial charge is 0.493 e. The van der Waals surface area contributed by atoms with Gasteiger partial charge in [-0.1, -0.05) is 15.9 Å². The molecule has 2 aromatic rings. The standard InChI is InChI=1S/C18H18BrNO6S/c1-24-11-9-13-10(8-12(11)26-7-3-5-19)15-16(27-13)18(23)20(17(15)22)6-4-14(21)25-2/h8-9H,3-7H2,1-2H3. The van der Waals surface area contributed by atoms with E-state index in [4.69, 9.17) is 9.47 Å². The zero-order valence-electron chi connectivity index (χ0n) is 14.9. The normalized spacial score (nSPS) is 13.2. The van der Waals surface area contributed by atoms with Gasteiger partial charge in [0.2, 0.25) is 0 Å². The maximum Gasteiger partial charge on any atom is 0.307 e. The van der Waals surface area contributed by atoms with Crippen LogP contribution in [-0.4, -0.2) is 55.4 Å². The van der Waals surface area contributed by atoms with Crippen LogP contribution in [0.1, 0.15) is 32.9 Å². The van der Waals surface area contributed by atoms with E-state index in [2.05, 4.69) is 20.7 Å². The fourth-order valence-electron chi connectivity index (χ4n) is 2.83. The fourth-order valence-corrected chi connectivity index (χ4v) is 4.22. The van der Waals surface area contributed by atoms with Crippen molar-refractivity contribution in [2.45, 2.75) is 12.8 Å². The van der Waals surface area contributed by atoms with E-state index < -0.39 is 11.9 Å². The maximum atomic E-state index is 12.8. The van der Waals surface area contributed by atoms with Crippen LogP contribution in [-0.2, 0) is 9.53 Å². The van der Waals surface area contributed by atoms with Crippen molar-refractivity contribution in [1.29, 1.82) is 0 Å². The molecule has 7 nitrogen and oxygen atoms in total. The van der Waals surface area contributed by atoms with Crippen molar-refractivity contribution in [1.82, 2.24) is 4.90 Å². The van der Waals surface area contributed by atoms with Crippen LogP contribution in [0.5, 0.6) is 11.5 Å². The molecule has 0 N–H and O–H groups in total. The molecule has 0 aliphatic carbocycles. The Morgan fingerprint density at radius 3 is 2.63 bits per heavy atom. The number of thiophene rings is 1. The van der Waals surface area contributed by atoms with E-state index in [-0.39, 0.29) is 18.9 Å². The van der Waals surface area contributed by atoms with Crippen LogP contribution in [0.4, 0.5) is 0 Å². The first-order valence-electron chi connectivity index (χ1n) is 8.28. The summed E-state index contributed by atoms with van der Waals surface area (Å²) in [6, 6.07) is 3.52. The van der Waals surface area contributed by atoms with Crippen molar-refractivity contribution in [3.63, 3.8) is 0 Å². The topological polar surface area (TPSA) is 82.1 Å². The van der Waals surface area contributed by atoms with Gasteiger partial charge in [-0.15, -0.1) is 11.3 Å². The smallest absolute Gasteiger partial charge is 0.307 e. The Morgan fingerprint density at radius 2 is 1.96 bits per heavy atom. The molecule has 0 fully saturated rings. The number of imide groups is 1. The molecule has 27 heavy (non-hydrogen) atoms. The highest BCUT2D eigenvalue weighted by molar-refractivity contribution is 9.09. The third-order valence-corrected chi connectivity index (χ3v) is 5.88. The molecule has 3 rings (SSSR count).